The van der Waals surface area contributed by atoms with Gasteiger partial charge in [0.2, 0.25) is 11.6 Å². The topological polar surface area (TPSA) is 64.7 Å². The first kappa shape index (κ1) is 40.7. The van der Waals surface area contributed by atoms with E-state index >= 15 is 0 Å². The number of anilines is 3. The van der Waals surface area contributed by atoms with Crippen molar-refractivity contribution in [2.24, 2.45) is 0 Å². The molecule has 0 fully saturated rings. The van der Waals surface area contributed by atoms with Crippen LogP contribution in [0.2, 0.25) is 0 Å². The van der Waals surface area contributed by atoms with Gasteiger partial charge in [-0.2, -0.15) is 0 Å². The third-order valence-electron chi connectivity index (χ3n) is 9.43. The zero-order valence-electron chi connectivity index (χ0n) is 31.9. The average Bonchev–Trinajstić information content (AvgIpc) is 3.89. The highest BCUT2D eigenvalue weighted by molar-refractivity contribution is 5.74. The van der Waals surface area contributed by atoms with Crippen LogP contribution >= 0.6 is 0 Å². The minimum atomic E-state index is -2.31. The fourth-order valence-electron chi connectivity index (χ4n) is 6.16. The Kier molecular flexibility index (Phi) is 10.1. The summed E-state index contributed by atoms with van der Waals surface area (Å²) in [5.41, 5.74) is -1.87. The number of hydrogen-bond acceptors (Lipinski definition) is 5. The van der Waals surface area contributed by atoms with E-state index in [0.717, 1.165) is 36.2 Å². The lowest BCUT2D eigenvalue weighted by Gasteiger charge is -2.30. The maximum Gasteiger partial charge on any atom is 0.200 e. The molecule has 0 amide bonds. The van der Waals surface area contributed by atoms with E-state index in [4.69, 9.17) is 9.97 Å². The molecule has 0 bridgehead atoms. The maximum atomic E-state index is 14.7. The van der Waals surface area contributed by atoms with Crippen LogP contribution in [0.4, 0.5) is 61.2 Å². The molecule has 59 heavy (non-hydrogen) atoms. The molecule has 7 nitrogen and oxygen atoms in total. The molecule has 0 atom stereocenters. The van der Waals surface area contributed by atoms with Crippen LogP contribution in [0.1, 0.15) is 52.7 Å². The molecule has 0 radical (unpaired) electrons. The van der Waals surface area contributed by atoms with Crippen LogP contribution in [0.15, 0.2) is 79.6 Å². The van der Waals surface area contributed by atoms with Crippen molar-refractivity contribution >= 4 is 17.3 Å². The van der Waals surface area contributed by atoms with Crippen molar-refractivity contribution in [3.8, 4) is 34.2 Å². The summed E-state index contributed by atoms with van der Waals surface area (Å²) < 4.78 is 145. The molecular weight excluding hydrogens is 792 g/mol. The van der Waals surface area contributed by atoms with Gasteiger partial charge < -0.3 is 0 Å². The number of hydrogen-bond donors (Lipinski definition) is 0. The molecule has 0 saturated carbocycles. The first-order valence-electron chi connectivity index (χ1n) is 17.7. The number of rotatable bonds is 7. The van der Waals surface area contributed by atoms with Gasteiger partial charge >= 0.3 is 0 Å². The van der Waals surface area contributed by atoms with Gasteiger partial charge in [0.1, 0.15) is 35.9 Å². The third-order valence-corrected chi connectivity index (χ3v) is 9.43. The molecule has 304 valence electrons. The summed E-state index contributed by atoms with van der Waals surface area (Å²) in [7, 11) is 0. The summed E-state index contributed by atoms with van der Waals surface area (Å²) >= 11 is 0. The zero-order valence-corrected chi connectivity index (χ0v) is 31.9. The van der Waals surface area contributed by atoms with Gasteiger partial charge in [-0.1, -0.05) is 59.7 Å². The van der Waals surface area contributed by atoms with E-state index in [1.54, 1.807) is 29.2 Å². The van der Waals surface area contributed by atoms with E-state index in [1.807, 2.05) is 53.7 Å². The number of benzene rings is 3. The SMILES string of the molecule is CC(C)(C)c1cc(N(c2cccc(-n3cnc(-c4c(F)c(F)c(F)c(F)c4F)c3)n2)c2cccc(-n3cnc(-c4c(F)c(F)c(F)c(F)c4F)c3)n2)cc(C(C)(C)C)c1. The summed E-state index contributed by atoms with van der Waals surface area (Å²) in [6.45, 7) is 12.2. The largest absolute Gasteiger partial charge is 0.290 e. The summed E-state index contributed by atoms with van der Waals surface area (Å²) in [6.07, 6.45) is 4.27. The van der Waals surface area contributed by atoms with Crippen molar-refractivity contribution in [2.45, 2.75) is 52.4 Å². The quantitative estimate of drug-likeness (QED) is 0.0910. The van der Waals surface area contributed by atoms with Crippen molar-refractivity contribution < 1.29 is 43.9 Å². The van der Waals surface area contributed by atoms with Crippen LogP contribution in [-0.2, 0) is 10.8 Å². The Balaban J connectivity index is 1.38. The maximum absolute atomic E-state index is 14.7. The van der Waals surface area contributed by atoms with E-state index in [1.165, 1.54) is 21.3 Å². The predicted molar refractivity (Wildman–Crippen MR) is 199 cm³/mol. The van der Waals surface area contributed by atoms with Crippen molar-refractivity contribution in [2.75, 3.05) is 4.90 Å². The van der Waals surface area contributed by atoms with E-state index in [0.29, 0.717) is 5.69 Å². The normalized spacial score (nSPS) is 12.1. The molecule has 17 heteroatoms. The first-order chi connectivity index (χ1) is 27.7. The van der Waals surface area contributed by atoms with E-state index in [9.17, 15) is 43.9 Å². The monoisotopic (exact) mass is 823 g/mol. The Labute approximate surface area is 330 Å². The van der Waals surface area contributed by atoms with Gasteiger partial charge in [0, 0.05) is 18.1 Å². The Bertz CT molecular complexity index is 2540. The van der Waals surface area contributed by atoms with Crippen molar-refractivity contribution in [3.05, 3.63) is 149 Å². The van der Waals surface area contributed by atoms with Crippen molar-refractivity contribution in [1.29, 1.82) is 0 Å². The van der Waals surface area contributed by atoms with Gasteiger partial charge in [0.25, 0.3) is 0 Å². The lowest BCUT2D eigenvalue weighted by Crippen LogP contribution is -2.20. The summed E-state index contributed by atoms with van der Waals surface area (Å²) in [5, 5.41) is 0. The molecule has 0 spiro atoms. The average molecular weight is 824 g/mol. The van der Waals surface area contributed by atoms with Crippen LogP contribution in [0, 0.1) is 58.2 Å². The summed E-state index contributed by atoms with van der Waals surface area (Å²) in [6, 6.07) is 15.4. The lowest BCUT2D eigenvalue weighted by molar-refractivity contribution is 0.381. The van der Waals surface area contributed by atoms with Gasteiger partial charge in [-0.25, -0.2) is 63.8 Å². The number of aromatic nitrogens is 6. The molecule has 0 N–H and O–H groups in total. The van der Waals surface area contributed by atoms with Crippen molar-refractivity contribution in [3.63, 3.8) is 0 Å². The van der Waals surface area contributed by atoms with Gasteiger partial charge in [0.15, 0.2) is 46.5 Å². The van der Waals surface area contributed by atoms with Gasteiger partial charge in [0.05, 0.1) is 22.5 Å². The van der Waals surface area contributed by atoms with Crippen LogP contribution < -0.4 is 4.90 Å². The van der Waals surface area contributed by atoms with Gasteiger partial charge in [-0.05, 0) is 58.4 Å². The first-order valence-corrected chi connectivity index (χ1v) is 17.7. The van der Waals surface area contributed by atoms with Crippen LogP contribution in [0.25, 0.3) is 34.2 Å². The Hall–Kier alpha value is -6.52. The molecule has 4 heterocycles. The predicted octanol–water partition coefficient (Wildman–Crippen LogP) is 11.6. The van der Waals surface area contributed by atoms with Crippen LogP contribution in [0.5, 0.6) is 0 Å². The van der Waals surface area contributed by atoms with E-state index in [2.05, 4.69) is 16.0 Å². The smallest absolute Gasteiger partial charge is 0.200 e. The molecule has 3 aromatic carbocycles. The Morgan fingerprint density at radius 1 is 0.458 bits per heavy atom. The highest BCUT2D eigenvalue weighted by Gasteiger charge is 2.30. The molecule has 0 saturated heterocycles. The second-order valence-corrected chi connectivity index (χ2v) is 15.5. The molecule has 0 aliphatic carbocycles. The second kappa shape index (κ2) is 14.7. The fourth-order valence-corrected chi connectivity index (χ4v) is 6.16. The third kappa shape index (κ3) is 7.29. The zero-order chi connectivity index (χ0) is 42.9. The minimum absolute atomic E-state index is 0.108. The fraction of sp³-hybridized carbons (Fsp3) is 0.190. The van der Waals surface area contributed by atoms with Gasteiger partial charge in [-0.3, -0.25) is 14.0 Å². The number of imidazole rings is 2. The Morgan fingerprint density at radius 3 is 1.14 bits per heavy atom. The highest BCUT2D eigenvalue weighted by atomic mass is 19.2. The molecule has 7 aromatic rings. The minimum Gasteiger partial charge on any atom is -0.290 e. The summed E-state index contributed by atoms with van der Waals surface area (Å²) in [5.74, 6) is -20.7. The summed E-state index contributed by atoms with van der Waals surface area (Å²) in [4.78, 5) is 19.0. The van der Waals surface area contributed by atoms with E-state index in [-0.39, 0.29) is 34.1 Å². The molecular formula is C42H31F10N7. The molecule has 7 rings (SSSR count). The van der Waals surface area contributed by atoms with Crippen molar-refractivity contribution in [1.82, 2.24) is 29.1 Å². The van der Waals surface area contributed by atoms with E-state index < -0.39 is 80.7 Å². The molecule has 0 aliphatic rings. The number of pyridine rings is 2. The molecule has 0 aliphatic heterocycles. The standard InChI is InChI=1S/C42H31F10N7/c1-41(2,3)20-13-21(42(4,5)6)15-22(14-20)59(27-11-7-9-25(55-27)57-16-23(53-18-57)29-31(43)35(47)39(51)36(48)32(29)44)28-12-8-10-26(56-28)58-17-24(54-19-58)30-33(45)37(49)40(52)38(50)34(30)46/h7-19H,1-6H3. The highest BCUT2D eigenvalue weighted by Crippen LogP contribution is 2.40. The molecule has 0 unspecified atom stereocenters. The molecule has 4 aromatic heterocycles. The lowest BCUT2D eigenvalue weighted by atomic mass is 9.80. The van der Waals surface area contributed by atoms with Crippen LogP contribution in [0.3, 0.4) is 0 Å². The number of halogens is 10. The Morgan fingerprint density at radius 2 is 0.797 bits per heavy atom. The number of nitrogens with zero attached hydrogens (tertiary/aromatic N) is 7. The van der Waals surface area contributed by atoms with Gasteiger partial charge in [-0.15, -0.1) is 0 Å². The van der Waals surface area contributed by atoms with Crippen LogP contribution in [-0.4, -0.2) is 29.1 Å². The second-order valence-electron chi connectivity index (χ2n) is 15.5.